The minimum absolute atomic E-state index is 0.212. The summed E-state index contributed by atoms with van der Waals surface area (Å²) in [5.41, 5.74) is 0. The Morgan fingerprint density at radius 1 is 1.59 bits per heavy atom. The molecule has 1 aliphatic heterocycles. The third kappa shape index (κ3) is 5.51. The number of aliphatic imine (C=N–C) groups is 1. The molecule has 7 nitrogen and oxygen atoms in total. The number of ether oxygens (including phenoxy) is 1. The van der Waals surface area contributed by atoms with E-state index in [1.807, 2.05) is 22.6 Å². The van der Waals surface area contributed by atoms with Crippen molar-refractivity contribution in [1.82, 2.24) is 9.91 Å². The van der Waals surface area contributed by atoms with Crippen LogP contribution in [0.5, 0.6) is 0 Å². The van der Waals surface area contributed by atoms with Gasteiger partial charge in [0.05, 0.1) is 19.3 Å². The van der Waals surface area contributed by atoms with Crippen LogP contribution in [0, 0.1) is 0 Å². The molecular weight excluding hydrogens is 419 g/mol. The first kappa shape index (κ1) is 19.4. The lowest BCUT2D eigenvalue weighted by atomic mass is 10.2. The largest absolute Gasteiger partial charge is 0.377 e. The molecule has 2 atom stereocenters. The molecule has 0 bridgehead atoms. The quantitative estimate of drug-likeness (QED) is 0.216. The van der Waals surface area contributed by atoms with Crippen LogP contribution in [0.4, 0.5) is 0 Å². The summed E-state index contributed by atoms with van der Waals surface area (Å²) in [6.45, 7) is 9.45. The van der Waals surface area contributed by atoms with Crippen LogP contribution in [-0.4, -0.2) is 72.5 Å². The molecule has 1 fully saturated rings. The van der Waals surface area contributed by atoms with Crippen LogP contribution >= 0.6 is 22.6 Å². The second-order valence-electron chi connectivity index (χ2n) is 5.13. The molecule has 0 saturated carbocycles. The van der Waals surface area contributed by atoms with Gasteiger partial charge in [0, 0.05) is 42.4 Å². The van der Waals surface area contributed by atoms with E-state index in [1.165, 1.54) is 6.26 Å². The molecule has 22 heavy (non-hydrogen) atoms. The van der Waals surface area contributed by atoms with Crippen molar-refractivity contribution in [3.05, 3.63) is 12.7 Å². The molecule has 0 spiro atoms. The smallest absolute Gasteiger partial charge is 0.184 e. The molecule has 0 amide bonds. The lowest BCUT2D eigenvalue weighted by Crippen LogP contribution is -2.47. The fraction of sp³-hybridized carbons (Fsp3) is 0.692. The maximum Gasteiger partial charge on any atom is 0.184 e. The van der Waals surface area contributed by atoms with Crippen LogP contribution in [0.25, 0.3) is 0 Å². The minimum Gasteiger partial charge on any atom is -0.377 e. The Kier molecular flexibility index (Phi) is 7.26. The van der Waals surface area contributed by atoms with Crippen LogP contribution in [0.3, 0.4) is 0 Å². The highest BCUT2D eigenvalue weighted by Crippen LogP contribution is 2.11. The van der Waals surface area contributed by atoms with E-state index < -0.39 is 15.2 Å². The van der Waals surface area contributed by atoms with Gasteiger partial charge in [0.2, 0.25) is 0 Å². The van der Waals surface area contributed by atoms with Gasteiger partial charge in [-0.1, -0.05) is 6.58 Å². The summed E-state index contributed by atoms with van der Waals surface area (Å²) in [7, 11) is -1.48. The topological polar surface area (TPSA) is 74.6 Å². The molecule has 126 valence electrons. The Morgan fingerprint density at radius 2 is 2.23 bits per heavy atom. The molecule has 1 unspecified atom stereocenters. The monoisotopic (exact) mass is 442 g/mol. The molecule has 0 aromatic rings. The fourth-order valence-corrected chi connectivity index (χ4v) is 2.81. The number of sulfone groups is 1. The molecule has 1 rings (SSSR count). The van der Waals surface area contributed by atoms with E-state index in [0.717, 1.165) is 12.4 Å². The Balaban J connectivity index is 2.92. The molecule has 0 aliphatic carbocycles. The molecule has 1 aliphatic rings. The van der Waals surface area contributed by atoms with Gasteiger partial charge in [-0.05, 0) is 19.9 Å². The van der Waals surface area contributed by atoms with E-state index in [-0.39, 0.29) is 6.04 Å². The van der Waals surface area contributed by atoms with Crippen molar-refractivity contribution in [3.63, 3.8) is 0 Å². The predicted octanol–water partition coefficient (Wildman–Crippen LogP) is 1.32. The summed E-state index contributed by atoms with van der Waals surface area (Å²) in [4.78, 5) is 6.26. The van der Waals surface area contributed by atoms with Crippen LogP contribution in [0.15, 0.2) is 22.7 Å². The third-order valence-electron chi connectivity index (χ3n) is 3.27. The Labute approximate surface area is 146 Å². The molecule has 0 aromatic heterocycles. The molecule has 0 N–H and O–H groups in total. The normalized spacial score (nSPS) is 22.4. The first-order valence-electron chi connectivity index (χ1n) is 6.88. The van der Waals surface area contributed by atoms with E-state index >= 15 is 0 Å². The molecule has 0 aromatic carbocycles. The zero-order valence-corrected chi connectivity index (χ0v) is 16.3. The van der Waals surface area contributed by atoms with Gasteiger partial charge in [0.1, 0.15) is 5.84 Å². The van der Waals surface area contributed by atoms with Crippen LogP contribution in [-0.2, 0) is 14.6 Å². The van der Waals surface area contributed by atoms with Gasteiger partial charge in [0.25, 0.3) is 0 Å². The average molecular weight is 442 g/mol. The van der Waals surface area contributed by atoms with Crippen molar-refractivity contribution in [2.24, 2.45) is 10.1 Å². The van der Waals surface area contributed by atoms with Gasteiger partial charge in [0.15, 0.2) is 19.1 Å². The van der Waals surface area contributed by atoms with Crippen molar-refractivity contribution >= 4 is 42.1 Å². The lowest BCUT2D eigenvalue weighted by molar-refractivity contribution is 0.0331. The predicted molar refractivity (Wildman–Crippen MR) is 98.1 cm³/mol. The first-order chi connectivity index (χ1) is 10.2. The van der Waals surface area contributed by atoms with Crippen LogP contribution < -0.4 is 0 Å². The number of nitrogens with zero attached hydrogens (tertiary/aromatic N) is 4. The standard InChI is InChI=1S/C13H23IN4O3S/c1-6-12(18-7-8-21-9-10(18)2)16-17(4)13(14)15-11(3)22(5,19)20/h6,10-11H,1,7-9H2,2-5H3/b15-13?,16-12+/t10-,11?/m1/s1. The second-order valence-corrected chi connectivity index (χ2v) is 8.44. The number of hydrogen-bond donors (Lipinski definition) is 0. The Morgan fingerprint density at radius 3 is 2.73 bits per heavy atom. The van der Waals surface area contributed by atoms with E-state index in [2.05, 4.69) is 28.5 Å². The number of rotatable bonds is 4. The van der Waals surface area contributed by atoms with E-state index in [0.29, 0.717) is 17.1 Å². The van der Waals surface area contributed by atoms with Crippen LogP contribution in [0.2, 0.25) is 0 Å². The lowest BCUT2D eigenvalue weighted by Gasteiger charge is -2.35. The molecule has 9 heteroatoms. The highest BCUT2D eigenvalue weighted by Gasteiger charge is 2.21. The summed E-state index contributed by atoms with van der Waals surface area (Å²) < 4.78 is 28.8. The van der Waals surface area contributed by atoms with Gasteiger partial charge in [-0.15, -0.1) is 0 Å². The highest BCUT2D eigenvalue weighted by molar-refractivity contribution is 14.1. The third-order valence-corrected chi connectivity index (χ3v) is 5.59. The fourth-order valence-electron chi connectivity index (χ4n) is 1.81. The highest BCUT2D eigenvalue weighted by atomic mass is 127. The van der Waals surface area contributed by atoms with Gasteiger partial charge >= 0.3 is 0 Å². The summed E-state index contributed by atoms with van der Waals surface area (Å²) in [6.07, 6.45) is 2.85. The molecule has 1 heterocycles. The molecule has 0 radical (unpaired) electrons. The zero-order valence-electron chi connectivity index (χ0n) is 13.4. The zero-order chi connectivity index (χ0) is 16.9. The van der Waals surface area contributed by atoms with Crippen molar-refractivity contribution in [1.29, 1.82) is 0 Å². The Hall–Kier alpha value is -0.680. The van der Waals surface area contributed by atoms with Gasteiger partial charge in [-0.2, -0.15) is 5.10 Å². The number of hydrogen-bond acceptors (Lipinski definition) is 5. The van der Waals surface area contributed by atoms with Crippen molar-refractivity contribution < 1.29 is 13.2 Å². The average Bonchev–Trinajstić information content (AvgIpc) is 2.44. The summed E-state index contributed by atoms with van der Waals surface area (Å²) in [6, 6.07) is 0.212. The summed E-state index contributed by atoms with van der Waals surface area (Å²) in [5, 5.41) is 5.23. The second kappa shape index (κ2) is 8.25. The van der Waals surface area contributed by atoms with Crippen molar-refractivity contribution in [3.8, 4) is 0 Å². The number of hydrazone groups is 1. The number of amidine groups is 2. The number of halogens is 1. The molecular formula is C13H23IN4O3S. The van der Waals surface area contributed by atoms with Gasteiger partial charge < -0.3 is 9.64 Å². The molecule has 1 saturated heterocycles. The maximum atomic E-state index is 11.5. The summed E-state index contributed by atoms with van der Waals surface area (Å²) >= 11 is 1.98. The Bertz CT molecular complexity index is 562. The van der Waals surface area contributed by atoms with Gasteiger partial charge in [-0.3, -0.25) is 0 Å². The van der Waals surface area contributed by atoms with E-state index in [1.54, 1.807) is 25.1 Å². The van der Waals surface area contributed by atoms with Crippen molar-refractivity contribution in [2.75, 3.05) is 33.1 Å². The SMILES string of the molecule is C=C/C(=N\N(C)C(I)=NC(C)S(C)(=O)=O)N1CCOC[C@H]1C. The van der Waals surface area contributed by atoms with Crippen molar-refractivity contribution in [2.45, 2.75) is 25.3 Å². The first-order valence-corrected chi connectivity index (χ1v) is 9.91. The number of morpholine rings is 1. The van der Waals surface area contributed by atoms with E-state index in [9.17, 15) is 8.42 Å². The maximum absolute atomic E-state index is 11.5. The minimum atomic E-state index is -3.21. The van der Waals surface area contributed by atoms with Crippen LogP contribution in [0.1, 0.15) is 13.8 Å². The van der Waals surface area contributed by atoms with Gasteiger partial charge in [-0.25, -0.2) is 18.4 Å². The van der Waals surface area contributed by atoms with E-state index in [4.69, 9.17) is 4.74 Å². The summed E-state index contributed by atoms with van der Waals surface area (Å²) in [5.74, 6) is 0.717.